The Hall–Kier alpha value is -0.930. The summed E-state index contributed by atoms with van der Waals surface area (Å²) >= 11 is 0. The number of halogens is 3. The lowest BCUT2D eigenvalue weighted by molar-refractivity contribution is -0.303. The third kappa shape index (κ3) is 5.51. The molecule has 0 amide bonds. The highest BCUT2D eigenvalue weighted by Gasteiger charge is 2.31. The lowest BCUT2D eigenvalue weighted by Gasteiger charge is -2.08. The monoisotopic (exact) mass is 166 g/mol. The van der Waals surface area contributed by atoms with Crippen LogP contribution >= 0.6 is 0 Å². The molecule has 0 aromatic carbocycles. The summed E-state index contributed by atoms with van der Waals surface area (Å²) in [5, 5.41) is 0. The Kier molecular flexibility index (Phi) is 3.71. The molecule has 0 unspecified atom stereocenters. The molecule has 0 saturated heterocycles. The van der Waals surface area contributed by atoms with Crippen molar-refractivity contribution in [1.29, 1.82) is 0 Å². The van der Waals surface area contributed by atoms with Crippen molar-refractivity contribution in [3.05, 3.63) is 24.5 Å². The Bertz CT molecular complexity index is 158. The summed E-state index contributed by atoms with van der Waals surface area (Å²) < 4.78 is 38.1. The molecule has 0 fully saturated rings. The van der Waals surface area contributed by atoms with Gasteiger partial charge in [0.15, 0.2) is 0 Å². The highest BCUT2D eigenvalue weighted by Crippen LogP contribution is 2.21. The van der Waals surface area contributed by atoms with Crippen LogP contribution in [-0.2, 0) is 4.74 Å². The lowest BCUT2D eigenvalue weighted by Crippen LogP contribution is -2.11. The number of hydrogen-bond acceptors (Lipinski definition) is 1. The average molecular weight is 166 g/mol. The first kappa shape index (κ1) is 10.1. The van der Waals surface area contributed by atoms with E-state index in [0.29, 0.717) is 6.42 Å². The van der Waals surface area contributed by atoms with Gasteiger partial charge in [-0.15, -0.1) is 13.2 Å². The summed E-state index contributed by atoms with van der Waals surface area (Å²) in [5.74, 6) is -0.250. The van der Waals surface area contributed by atoms with Crippen molar-refractivity contribution in [2.24, 2.45) is 0 Å². The van der Waals surface area contributed by atoms with Crippen molar-refractivity contribution in [2.45, 2.75) is 19.7 Å². The van der Waals surface area contributed by atoms with E-state index < -0.39 is 6.36 Å². The fourth-order valence-corrected chi connectivity index (χ4v) is 0.501. The molecule has 0 N–H and O–H groups in total. The molecule has 0 aliphatic carbocycles. The van der Waals surface area contributed by atoms with E-state index in [1.807, 2.05) is 0 Å². The third-order valence-electron chi connectivity index (χ3n) is 0.840. The topological polar surface area (TPSA) is 9.23 Å². The van der Waals surface area contributed by atoms with E-state index >= 15 is 0 Å². The molecule has 0 rings (SSSR count). The second-order valence-electron chi connectivity index (χ2n) is 1.77. The zero-order valence-electron chi connectivity index (χ0n) is 6.11. The lowest BCUT2D eigenvalue weighted by atomic mass is 10.4. The van der Waals surface area contributed by atoms with Crippen molar-refractivity contribution < 1.29 is 17.9 Å². The van der Waals surface area contributed by atoms with Crippen LogP contribution in [0.15, 0.2) is 24.5 Å². The van der Waals surface area contributed by atoms with Crippen LogP contribution in [0.25, 0.3) is 0 Å². The summed E-state index contributed by atoms with van der Waals surface area (Å²) in [6.45, 7) is 4.88. The number of rotatable bonds is 3. The Morgan fingerprint density at radius 3 is 2.36 bits per heavy atom. The van der Waals surface area contributed by atoms with Crippen LogP contribution in [0.1, 0.15) is 13.3 Å². The first-order chi connectivity index (χ1) is 4.99. The van der Waals surface area contributed by atoms with Gasteiger partial charge in [0.05, 0.1) is 0 Å². The molecular formula is C7H9F3O. The molecule has 4 heteroatoms. The first-order valence-electron chi connectivity index (χ1n) is 3.08. The van der Waals surface area contributed by atoms with Crippen molar-refractivity contribution in [2.75, 3.05) is 0 Å². The Morgan fingerprint density at radius 1 is 1.55 bits per heavy atom. The molecule has 1 nitrogen and oxygen atoms in total. The third-order valence-corrected chi connectivity index (χ3v) is 0.840. The van der Waals surface area contributed by atoms with Crippen LogP contribution in [0.4, 0.5) is 13.2 Å². The van der Waals surface area contributed by atoms with Crippen LogP contribution in [0.3, 0.4) is 0 Å². The molecule has 0 radical (unpaired) electrons. The van der Waals surface area contributed by atoms with Gasteiger partial charge in [-0.2, -0.15) is 0 Å². The summed E-state index contributed by atoms with van der Waals surface area (Å²) in [6, 6.07) is 0. The zero-order chi connectivity index (χ0) is 8.91. The van der Waals surface area contributed by atoms with Crippen LogP contribution in [0, 0.1) is 0 Å². The highest BCUT2D eigenvalue weighted by molar-refractivity contribution is 5.08. The van der Waals surface area contributed by atoms with E-state index in [4.69, 9.17) is 0 Å². The van der Waals surface area contributed by atoms with Crippen LogP contribution in [0.2, 0.25) is 0 Å². The Labute approximate surface area is 63.2 Å². The van der Waals surface area contributed by atoms with Gasteiger partial charge in [-0.3, -0.25) is 0 Å². The summed E-state index contributed by atoms with van der Waals surface area (Å²) in [6.07, 6.45) is -1.80. The summed E-state index contributed by atoms with van der Waals surface area (Å²) in [5.41, 5.74) is 0. The molecule has 0 spiro atoms. The maximum atomic E-state index is 11.5. The van der Waals surface area contributed by atoms with Crippen LogP contribution in [-0.4, -0.2) is 6.36 Å². The number of hydrogen-bond donors (Lipinski definition) is 0. The van der Waals surface area contributed by atoms with Gasteiger partial charge >= 0.3 is 6.36 Å². The minimum absolute atomic E-state index is 0.250. The smallest absolute Gasteiger partial charge is 0.406 e. The minimum Gasteiger partial charge on any atom is -0.406 e. The van der Waals surface area contributed by atoms with Crippen molar-refractivity contribution in [3.63, 3.8) is 0 Å². The summed E-state index contributed by atoms with van der Waals surface area (Å²) in [4.78, 5) is 0. The molecule has 0 heterocycles. The quantitative estimate of drug-likeness (QED) is 0.462. The van der Waals surface area contributed by atoms with Gasteiger partial charge in [0, 0.05) is 0 Å². The van der Waals surface area contributed by atoms with E-state index in [-0.39, 0.29) is 5.76 Å². The fourth-order valence-electron chi connectivity index (χ4n) is 0.501. The molecule has 11 heavy (non-hydrogen) atoms. The van der Waals surface area contributed by atoms with Crippen molar-refractivity contribution >= 4 is 0 Å². The number of alkyl halides is 3. The van der Waals surface area contributed by atoms with Gasteiger partial charge in [0.1, 0.15) is 5.76 Å². The summed E-state index contributed by atoms with van der Waals surface area (Å²) in [7, 11) is 0. The van der Waals surface area contributed by atoms with Crippen LogP contribution < -0.4 is 0 Å². The number of ether oxygens (including phenoxy) is 1. The largest absolute Gasteiger partial charge is 0.573 e. The Morgan fingerprint density at radius 2 is 2.09 bits per heavy atom. The molecule has 0 aliphatic rings. The van der Waals surface area contributed by atoms with E-state index in [0.717, 1.165) is 6.08 Å². The van der Waals surface area contributed by atoms with Gasteiger partial charge in [0.25, 0.3) is 0 Å². The van der Waals surface area contributed by atoms with Gasteiger partial charge in [-0.05, 0) is 18.6 Å². The fraction of sp³-hybridized carbons (Fsp3) is 0.429. The average Bonchev–Trinajstić information content (AvgIpc) is 1.84. The predicted molar refractivity (Wildman–Crippen MR) is 35.7 cm³/mol. The second kappa shape index (κ2) is 4.05. The molecule has 0 bridgehead atoms. The highest BCUT2D eigenvalue weighted by atomic mass is 19.4. The van der Waals surface area contributed by atoms with Gasteiger partial charge in [-0.1, -0.05) is 13.5 Å². The normalized spacial score (nSPS) is 12.9. The van der Waals surface area contributed by atoms with E-state index in [1.54, 1.807) is 6.92 Å². The molecular weight excluding hydrogens is 157 g/mol. The molecule has 0 aliphatic heterocycles. The Balaban J connectivity index is 4.09. The molecule has 0 saturated carbocycles. The van der Waals surface area contributed by atoms with E-state index in [2.05, 4.69) is 11.3 Å². The zero-order valence-corrected chi connectivity index (χ0v) is 6.11. The van der Waals surface area contributed by atoms with Crippen LogP contribution in [0.5, 0.6) is 0 Å². The predicted octanol–water partition coefficient (Wildman–Crippen LogP) is 3.00. The van der Waals surface area contributed by atoms with Crippen molar-refractivity contribution in [3.8, 4) is 0 Å². The number of allylic oxidation sites excluding steroid dienone is 2. The first-order valence-corrected chi connectivity index (χ1v) is 3.08. The standard InChI is InChI=1S/C7H9F3O/c1-3-5-6(4-2)11-7(8,9)10/h4-5H,2-3H2,1H3/b6-5+. The van der Waals surface area contributed by atoms with E-state index in [9.17, 15) is 13.2 Å². The minimum atomic E-state index is -4.62. The molecule has 64 valence electrons. The van der Waals surface area contributed by atoms with Gasteiger partial charge < -0.3 is 4.74 Å². The molecule has 0 aromatic rings. The molecule has 0 aromatic heterocycles. The van der Waals surface area contributed by atoms with Gasteiger partial charge in [0.2, 0.25) is 0 Å². The van der Waals surface area contributed by atoms with Crippen molar-refractivity contribution in [1.82, 2.24) is 0 Å². The maximum absolute atomic E-state index is 11.5. The van der Waals surface area contributed by atoms with E-state index in [1.165, 1.54) is 6.08 Å². The SMILES string of the molecule is C=C/C(=C\CC)OC(F)(F)F. The second-order valence-corrected chi connectivity index (χ2v) is 1.77. The van der Waals surface area contributed by atoms with Gasteiger partial charge in [-0.25, -0.2) is 0 Å². The molecule has 0 atom stereocenters. The maximum Gasteiger partial charge on any atom is 0.573 e.